The van der Waals surface area contributed by atoms with Crippen LogP contribution in [-0.2, 0) is 4.74 Å². The summed E-state index contributed by atoms with van der Waals surface area (Å²) < 4.78 is 4.60. The lowest BCUT2D eigenvalue weighted by atomic mass is 10.2. The van der Waals surface area contributed by atoms with Gasteiger partial charge < -0.3 is 9.84 Å². The fourth-order valence-corrected chi connectivity index (χ4v) is 0.830. The molecule has 2 heteroatoms. The van der Waals surface area contributed by atoms with Crippen LogP contribution in [0.3, 0.4) is 0 Å². The maximum absolute atomic E-state index is 8.33. The van der Waals surface area contributed by atoms with Crippen LogP contribution in [0.15, 0.2) is 36.9 Å². The van der Waals surface area contributed by atoms with Crippen LogP contribution in [0.4, 0.5) is 0 Å². The summed E-state index contributed by atoms with van der Waals surface area (Å²) in [5, 5.41) is 8.33. The quantitative estimate of drug-likeness (QED) is 0.750. The van der Waals surface area contributed by atoms with Gasteiger partial charge in [-0.15, -0.1) is 0 Å². The van der Waals surface area contributed by atoms with Gasteiger partial charge in [0.15, 0.2) is 6.29 Å². The molecule has 1 aromatic carbocycles. The number of benzene rings is 1. The van der Waals surface area contributed by atoms with Crippen LogP contribution in [0.2, 0.25) is 0 Å². The fourth-order valence-electron chi connectivity index (χ4n) is 0.830. The van der Waals surface area contributed by atoms with Gasteiger partial charge >= 0.3 is 0 Å². The highest BCUT2D eigenvalue weighted by Gasteiger charge is 1.85. The molecule has 0 aromatic heterocycles. The summed E-state index contributed by atoms with van der Waals surface area (Å²) in [5.41, 5.74) is 1.17. The van der Waals surface area contributed by atoms with Crippen molar-refractivity contribution in [2.75, 3.05) is 6.61 Å². The molecule has 0 saturated carbocycles. The van der Waals surface area contributed by atoms with Crippen molar-refractivity contribution in [1.29, 1.82) is 0 Å². The van der Waals surface area contributed by atoms with E-state index in [1.807, 2.05) is 43.3 Å². The van der Waals surface area contributed by atoms with Crippen molar-refractivity contribution in [3.8, 4) is 0 Å². The molecule has 0 spiro atoms. The standard InChI is InChI=1S/C8H8.C4H10O2/c1-2-8-6-4-3-5-7-8;1-3-6-4(2)5/h2-7H,1H2;4-5H,3H2,1-2H3. The number of hydrogen-bond donors (Lipinski definition) is 1. The molecule has 2 nitrogen and oxygen atoms in total. The van der Waals surface area contributed by atoms with E-state index >= 15 is 0 Å². The summed E-state index contributed by atoms with van der Waals surface area (Å²) in [7, 11) is 0. The Kier molecular flexibility index (Phi) is 7.80. The molecule has 0 saturated heterocycles. The lowest BCUT2D eigenvalue weighted by Gasteiger charge is -1.99. The Bertz CT molecular complexity index is 229. The lowest BCUT2D eigenvalue weighted by Crippen LogP contribution is -2.04. The van der Waals surface area contributed by atoms with Gasteiger partial charge in [-0.1, -0.05) is 43.0 Å². The molecule has 0 aliphatic rings. The zero-order valence-corrected chi connectivity index (χ0v) is 8.81. The van der Waals surface area contributed by atoms with Gasteiger partial charge in [0.2, 0.25) is 0 Å². The topological polar surface area (TPSA) is 29.5 Å². The molecule has 78 valence electrons. The second-order valence-electron chi connectivity index (χ2n) is 2.67. The van der Waals surface area contributed by atoms with Crippen LogP contribution in [0.25, 0.3) is 6.08 Å². The number of aliphatic hydroxyl groups is 1. The summed E-state index contributed by atoms with van der Waals surface area (Å²) in [6.45, 7) is 7.64. The monoisotopic (exact) mass is 194 g/mol. The maximum atomic E-state index is 8.33. The van der Waals surface area contributed by atoms with Gasteiger partial charge in [0.1, 0.15) is 0 Å². The van der Waals surface area contributed by atoms with Crippen LogP contribution in [0.1, 0.15) is 19.4 Å². The lowest BCUT2D eigenvalue weighted by molar-refractivity contribution is -0.0800. The van der Waals surface area contributed by atoms with Gasteiger partial charge in [-0.05, 0) is 19.4 Å². The van der Waals surface area contributed by atoms with Crippen LogP contribution >= 0.6 is 0 Å². The largest absolute Gasteiger partial charge is 0.368 e. The van der Waals surface area contributed by atoms with E-state index in [-0.39, 0.29) is 0 Å². The van der Waals surface area contributed by atoms with Crippen molar-refractivity contribution in [1.82, 2.24) is 0 Å². The minimum Gasteiger partial charge on any atom is -0.368 e. The normalized spacial score (nSPS) is 11.1. The number of ether oxygens (including phenoxy) is 1. The van der Waals surface area contributed by atoms with Crippen molar-refractivity contribution in [2.24, 2.45) is 0 Å². The Hall–Kier alpha value is -1.12. The fraction of sp³-hybridized carbons (Fsp3) is 0.333. The maximum Gasteiger partial charge on any atom is 0.151 e. The van der Waals surface area contributed by atoms with Crippen molar-refractivity contribution < 1.29 is 9.84 Å². The molecule has 1 N–H and O–H groups in total. The van der Waals surface area contributed by atoms with Crippen LogP contribution in [0, 0.1) is 0 Å². The van der Waals surface area contributed by atoms with Gasteiger partial charge in [-0.25, -0.2) is 0 Å². The molecule has 0 bridgehead atoms. The van der Waals surface area contributed by atoms with Crippen LogP contribution in [0.5, 0.6) is 0 Å². The van der Waals surface area contributed by atoms with E-state index in [9.17, 15) is 0 Å². The Morgan fingerprint density at radius 1 is 1.43 bits per heavy atom. The number of rotatable bonds is 3. The Labute approximate surface area is 85.8 Å². The molecular formula is C12H18O2. The first-order chi connectivity index (χ1) is 6.70. The smallest absolute Gasteiger partial charge is 0.151 e. The third-order valence-corrected chi connectivity index (χ3v) is 1.44. The van der Waals surface area contributed by atoms with Crippen molar-refractivity contribution in [2.45, 2.75) is 20.1 Å². The average Bonchev–Trinajstić information content (AvgIpc) is 2.20. The summed E-state index contributed by atoms with van der Waals surface area (Å²) in [6, 6.07) is 10.0. The third-order valence-electron chi connectivity index (χ3n) is 1.44. The number of hydrogen-bond acceptors (Lipinski definition) is 2. The summed E-state index contributed by atoms with van der Waals surface area (Å²) in [4.78, 5) is 0. The highest BCUT2D eigenvalue weighted by molar-refractivity contribution is 5.45. The molecule has 14 heavy (non-hydrogen) atoms. The predicted octanol–water partition coefficient (Wildman–Crippen LogP) is 2.69. The molecule has 0 aliphatic carbocycles. The SMILES string of the molecule is C=Cc1ccccc1.CCOC(C)O. The first-order valence-electron chi connectivity index (χ1n) is 4.67. The Morgan fingerprint density at radius 3 is 2.21 bits per heavy atom. The summed E-state index contributed by atoms with van der Waals surface area (Å²) in [5.74, 6) is 0. The molecule has 0 heterocycles. The second kappa shape index (κ2) is 8.48. The molecule has 1 unspecified atom stereocenters. The third kappa shape index (κ3) is 7.53. The first-order valence-corrected chi connectivity index (χ1v) is 4.67. The molecule has 0 fully saturated rings. The van der Waals surface area contributed by atoms with Crippen LogP contribution in [-0.4, -0.2) is 18.0 Å². The minimum absolute atomic E-state index is 0.581. The highest BCUT2D eigenvalue weighted by atomic mass is 16.6. The van der Waals surface area contributed by atoms with Gasteiger partial charge in [0.25, 0.3) is 0 Å². The predicted molar refractivity (Wildman–Crippen MR) is 59.8 cm³/mol. The number of aliphatic hydroxyl groups excluding tert-OH is 1. The van der Waals surface area contributed by atoms with Gasteiger partial charge in [-0.2, -0.15) is 0 Å². The van der Waals surface area contributed by atoms with E-state index in [0.717, 1.165) is 0 Å². The highest BCUT2D eigenvalue weighted by Crippen LogP contribution is 1.97. The second-order valence-corrected chi connectivity index (χ2v) is 2.67. The van der Waals surface area contributed by atoms with Crippen molar-refractivity contribution in [3.05, 3.63) is 42.5 Å². The Morgan fingerprint density at radius 2 is 2.00 bits per heavy atom. The van der Waals surface area contributed by atoms with E-state index < -0.39 is 6.29 Å². The van der Waals surface area contributed by atoms with Gasteiger partial charge in [-0.3, -0.25) is 0 Å². The summed E-state index contributed by atoms with van der Waals surface area (Å²) in [6.07, 6.45) is 1.23. The molecule has 0 aliphatic heterocycles. The van der Waals surface area contributed by atoms with E-state index in [2.05, 4.69) is 11.3 Å². The molecule has 0 amide bonds. The molecular weight excluding hydrogens is 176 g/mol. The Balaban J connectivity index is 0.000000255. The molecule has 1 rings (SSSR count). The van der Waals surface area contributed by atoms with Crippen LogP contribution < -0.4 is 0 Å². The van der Waals surface area contributed by atoms with Gasteiger partial charge in [0, 0.05) is 6.61 Å². The zero-order valence-electron chi connectivity index (χ0n) is 8.81. The zero-order chi connectivity index (χ0) is 10.8. The first kappa shape index (κ1) is 12.9. The van der Waals surface area contributed by atoms with E-state index in [1.165, 1.54) is 5.56 Å². The average molecular weight is 194 g/mol. The van der Waals surface area contributed by atoms with E-state index in [4.69, 9.17) is 5.11 Å². The molecule has 1 atom stereocenters. The molecule has 1 aromatic rings. The van der Waals surface area contributed by atoms with E-state index in [0.29, 0.717) is 6.61 Å². The van der Waals surface area contributed by atoms with E-state index in [1.54, 1.807) is 6.92 Å². The summed E-state index contributed by atoms with van der Waals surface area (Å²) >= 11 is 0. The van der Waals surface area contributed by atoms with Gasteiger partial charge in [0.05, 0.1) is 0 Å². The molecule has 0 radical (unpaired) electrons. The van der Waals surface area contributed by atoms with Crippen molar-refractivity contribution >= 4 is 6.08 Å². The minimum atomic E-state index is -0.602. The van der Waals surface area contributed by atoms with Crippen molar-refractivity contribution in [3.63, 3.8) is 0 Å².